The van der Waals surface area contributed by atoms with Gasteiger partial charge < -0.3 is 4.90 Å². The van der Waals surface area contributed by atoms with Crippen LogP contribution in [0.4, 0.5) is 4.39 Å². The molecule has 5 rings (SSSR count). The second-order valence-electron chi connectivity index (χ2n) is 10.5. The van der Waals surface area contributed by atoms with Gasteiger partial charge in [0, 0.05) is 36.5 Å². The van der Waals surface area contributed by atoms with E-state index in [1.54, 1.807) is 13.1 Å². The number of amides is 1. The summed E-state index contributed by atoms with van der Waals surface area (Å²) in [6.45, 7) is 11.3. The monoisotopic (exact) mass is 576 g/mol. The standard InChI is InChI=1S/C32H36ClFN4O.C2H6/c1-3-23(30(34)4-2)21-36-17-14-25(15-18-36)31-29(20-35-38(31)28-12-10-27(33)11-13-28)32(39)37-19-16-26(22-37)24-8-6-5-7-9-24;1-2/h3-13,20,25-26H,14-19,21-22H2,1-2H3;1-2H3/b23-3-,30-4+;. The maximum atomic E-state index is 14.2. The van der Waals surface area contributed by atoms with E-state index < -0.39 is 0 Å². The van der Waals surface area contributed by atoms with Gasteiger partial charge in [-0.1, -0.05) is 67.9 Å². The first-order valence-corrected chi connectivity index (χ1v) is 15.2. The molecule has 41 heavy (non-hydrogen) atoms. The van der Waals surface area contributed by atoms with E-state index in [9.17, 15) is 9.18 Å². The normalized spacial score (nSPS) is 18.8. The maximum Gasteiger partial charge on any atom is 0.257 e. The Kier molecular flexibility index (Phi) is 10.9. The van der Waals surface area contributed by atoms with Crippen molar-refractivity contribution in [3.8, 4) is 5.69 Å². The van der Waals surface area contributed by atoms with Crippen molar-refractivity contribution >= 4 is 17.5 Å². The van der Waals surface area contributed by atoms with Crippen LogP contribution >= 0.6 is 11.6 Å². The van der Waals surface area contributed by atoms with Crippen LogP contribution in [0.15, 0.2) is 84.3 Å². The Bertz CT molecular complexity index is 1340. The van der Waals surface area contributed by atoms with E-state index >= 15 is 0 Å². The Hall–Kier alpha value is -3.22. The molecule has 2 aromatic carbocycles. The number of rotatable bonds is 7. The third-order valence-corrected chi connectivity index (χ3v) is 8.38. The average Bonchev–Trinajstić information content (AvgIpc) is 3.70. The molecule has 2 saturated heterocycles. The Morgan fingerprint density at radius 3 is 2.24 bits per heavy atom. The van der Waals surface area contributed by atoms with Crippen LogP contribution in [0.3, 0.4) is 0 Å². The van der Waals surface area contributed by atoms with Crippen molar-refractivity contribution in [2.24, 2.45) is 0 Å². The zero-order valence-electron chi connectivity index (χ0n) is 24.7. The number of aromatic nitrogens is 2. The number of likely N-dealkylation sites (tertiary alicyclic amines) is 2. The highest BCUT2D eigenvalue weighted by atomic mass is 35.5. The smallest absolute Gasteiger partial charge is 0.257 e. The summed E-state index contributed by atoms with van der Waals surface area (Å²) < 4.78 is 16.2. The van der Waals surface area contributed by atoms with Crippen molar-refractivity contribution in [1.29, 1.82) is 0 Å². The third kappa shape index (κ3) is 7.17. The van der Waals surface area contributed by atoms with Crippen LogP contribution in [0, 0.1) is 0 Å². The van der Waals surface area contributed by atoms with Crippen molar-refractivity contribution in [3.05, 3.63) is 106 Å². The van der Waals surface area contributed by atoms with E-state index in [1.165, 1.54) is 11.6 Å². The third-order valence-electron chi connectivity index (χ3n) is 8.13. The quantitative estimate of drug-likeness (QED) is 0.266. The minimum atomic E-state index is -0.159. The number of carbonyl (C=O) groups is 1. The molecule has 1 atom stereocenters. The van der Waals surface area contributed by atoms with Crippen LogP contribution in [-0.2, 0) is 0 Å². The minimum absolute atomic E-state index is 0.0532. The molecule has 1 amide bonds. The number of allylic oxidation sites excluding steroid dienone is 2. The lowest BCUT2D eigenvalue weighted by molar-refractivity contribution is 0.0788. The molecule has 2 aliphatic rings. The summed E-state index contributed by atoms with van der Waals surface area (Å²) in [7, 11) is 0. The minimum Gasteiger partial charge on any atom is -0.338 e. The molecule has 0 radical (unpaired) electrons. The number of halogens is 2. The van der Waals surface area contributed by atoms with Crippen LogP contribution in [0.25, 0.3) is 5.69 Å². The topological polar surface area (TPSA) is 41.4 Å². The molecule has 2 fully saturated rings. The second-order valence-corrected chi connectivity index (χ2v) is 10.9. The van der Waals surface area contributed by atoms with Crippen LogP contribution in [-0.4, -0.2) is 58.2 Å². The van der Waals surface area contributed by atoms with Gasteiger partial charge in [0.2, 0.25) is 0 Å². The first-order valence-electron chi connectivity index (χ1n) is 14.9. The summed E-state index contributed by atoms with van der Waals surface area (Å²) in [5.41, 5.74) is 4.56. The highest BCUT2D eigenvalue weighted by molar-refractivity contribution is 6.30. The van der Waals surface area contributed by atoms with Gasteiger partial charge in [-0.15, -0.1) is 0 Å². The van der Waals surface area contributed by atoms with E-state index in [-0.39, 0.29) is 17.7 Å². The van der Waals surface area contributed by atoms with Gasteiger partial charge in [-0.2, -0.15) is 5.10 Å². The lowest BCUT2D eigenvalue weighted by Crippen LogP contribution is -2.36. The maximum absolute atomic E-state index is 14.2. The molecular weight excluding hydrogens is 535 g/mol. The number of hydrogen-bond acceptors (Lipinski definition) is 3. The zero-order chi connectivity index (χ0) is 29.4. The fourth-order valence-electron chi connectivity index (χ4n) is 5.91. The Labute approximate surface area is 249 Å². The molecular formula is C34H42ClFN4O. The molecule has 5 nitrogen and oxygen atoms in total. The second kappa shape index (κ2) is 14.6. The fourth-order valence-corrected chi connectivity index (χ4v) is 6.04. The van der Waals surface area contributed by atoms with Crippen molar-refractivity contribution < 1.29 is 9.18 Å². The molecule has 1 aromatic heterocycles. The van der Waals surface area contributed by atoms with E-state index in [0.717, 1.165) is 62.4 Å². The van der Waals surface area contributed by atoms with Gasteiger partial charge in [0.15, 0.2) is 0 Å². The van der Waals surface area contributed by atoms with Crippen molar-refractivity contribution in [2.45, 2.75) is 58.8 Å². The lowest BCUT2D eigenvalue weighted by atomic mass is 9.90. The summed E-state index contributed by atoms with van der Waals surface area (Å²) in [5, 5.41) is 5.38. The van der Waals surface area contributed by atoms with Crippen LogP contribution in [0.5, 0.6) is 0 Å². The van der Waals surface area contributed by atoms with Gasteiger partial charge in [-0.25, -0.2) is 9.07 Å². The summed E-state index contributed by atoms with van der Waals surface area (Å²) in [4.78, 5) is 18.2. The fraction of sp³-hybridized carbons (Fsp3) is 0.412. The zero-order valence-corrected chi connectivity index (χ0v) is 25.4. The average molecular weight is 577 g/mol. The lowest BCUT2D eigenvalue weighted by Gasteiger charge is -2.33. The summed E-state index contributed by atoms with van der Waals surface area (Å²) in [5.74, 6) is 0.420. The first kappa shape index (κ1) is 30.7. The predicted octanol–water partition coefficient (Wildman–Crippen LogP) is 8.18. The van der Waals surface area contributed by atoms with E-state index in [2.05, 4.69) is 29.2 Å². The summed E-state index contributed by atoms with van der Waals surface area (Å²) >= 11 is 6.16. The number of nitrogens with zero attached hydrogens (tertiary/aromatic N) is 4. The number of carbonyl (C=O) groups excluding carboxylic acids is 1. The van der Waals surface area contributed by atoms with Crippen molar-refractivity contribution in [1.82, 2.24) is 19.6 Å². The molecule has 0 N–H and O–H groups in total. The Morgan fingerprint density at radius 1 is 0.951 bits per heavy atom. The van der Waals surface area contributed by atoms with Gasteiger partial charge in [0.25, 0.3) is 5.91 Å². The van der Waals surface area contributed by atoms with E-state index in [4.69, 9.17) is 16.7 Å². The van der Waals surface area contributed by atoms with Gasteiger partial charge in [-0.05, 0) is 81.6 Å². The van der Waals surface area contributed by atoms with E-state index in [0.29, 0.717) is 23.0 Å². The number of benzene rings is 2. The van der Waals surface area contributed by atoms with Gasteiger partial charge in [0.05, 0.1) is 23.1 Å². The highest BCUT2D eigenvalue weighted by Crippen LogP contribution is 2.35. The number of piperidine rings is 1. The molecule has 1 unspecified atom stereocenters. The van der Waals surface area contributed by atoms with Crippen molar-refractivity contribution in [3.63, 3.8) is 0 Å². The molecule has 0 spiro atoms. The molecule has 3 heterocycles. The predicted molar refractivity (Wildman–Crippen MR) is 167 cm³/mol. The molecule has 218 valence electrons. The Balaban J connectivity index is 0.00000189. The van der Waals surface area contributed by atoms with Crippen LogP contribution in [0.1, 0.15) is 80.4 Å². The van der Waals surface area contributed by atoms with Gasteiger partial charge in [-0.3, -0.25) is 9.69 Å². The molecule has 0 saturated carbocycles. The van der Waals surface area contributed by atoms with E-state index in [1.807, 2.05) is 66.8 Å². The molecule has 7 heteroatoms. The van der Waals surface area contributed by atoms with Gasteiger partial charge in [0.1, 0.15) is 5.83 Å². The largest absolute Gasteiger partial charge is 0.338 e. The summed E-state index contributed by atoms with van der Waals surface area (Å²) in [6.07, 6.45) is 7.83. The highest BCUT2D eigenvalue weighted by Gasteiger charge is 2.34. The molecule has 2 aliphatic heterocycles. The van der Waals surface area contributed by atoms with Gasteiger partial charge >= 0.3 is 0 Å². The molecule has 0 aliphatic carbocycles. The Morgan fingerprint density at radius 2 is 1.61 bits per heavy atom. The molecule has 0 bridgehead atoms. The van der Waals surface area contributed by atoms with Crippen LogP contribution < -0.4 is 0 Å². The number of hydrogen-bond donors (Lipinski definition) is 0. The van der Waals surface area contributed by atoms with Crippen molar-refractivity contribution in [2.75, 3.05) is 32.7 Å². The SMILES string of the molecule is C/C=C(CN1CCC(c2c(C(=O)N3CCC(c4ccccc4)C3)cnn2-c2ccc(Cl)cc2)CC1)\C(F)=C/C.CC. The van der Waals surface area contributed by atoms with Crippen LogP contribution in [0.2, 0.25) is 5.02 Å². The molecule has 3 aromatic rings. The summed E-state index contributed by atoms with van der Waals surface area (Å²) in [6, 6.07) is 18.1. The first-order chi connectivity index (χ1) is 20.0.